The lowest BCUT2D eigenvalue weighted by Gasteiger charge is -2.39. The van der Waals surface area contributed by atoms with E-state index in [1.807, 2.05) is 0 Å². The molecule has 1 saturated carbocycles. The predicted octanol–water partition coefficient (Wildman–Crippen LogP) is 5.22. The maximum absolute atomic E-state index is 11.0. The van der Waals surface area contributed by atoms with Crippen molar-refractivity contribution in [3.8, 4) is 0 Å². The summed E-state index contributed by atoms with van der Waals surface area (Å²) in [6.07, 6.45) is 11.9. The van der Waals surface area contributed by atoms with Gasteiger partial charge in [-0.05, 0) is 74.3 Å². The molecule has 0 spiro atoms. The van der Waals surface area contributed by atoms with Crippen LogP contribution in [0.25, 0.3) is 0 Å². The Morgan fingerprint density at radius 2 is 1.90 bits per heavy atom. The Kier molecular flexibility index (Phi) is 4.69. The number of aryl methyl sites for hydroxylation is 1. The fraction of sp³-hybridized carbons (Fsp3) is 0.700. The molecule has 1 unspecified atom stereocenters. The van der Waals surface area contributed by atoms with Crippen molar-refractivity contribution in [3.63, 3.8) is 0 Å². The molecule has 0 amide bonds. The van der Waals surface area contributed by atoms with Crippen LogP contribution in [0.15, 0.2) is 24.3 Å². The third-order valence-corrected chi connectivity index (χ3v) is 5.85. The smallest absolute Gasteiger partial charge is 0.0653 e. The zero-order chi connectivity index (χ0) is 14.7. The number of hydrogen-bond donors (Lipinski definition) is 1. The Labute approximate surface area is 129 Å². The van der Waals surface area contributed by atoms with Gasteiger partial charge in [-0.25, -0.2) is 0 Å². The molecule has 1 fully saturated rings. The lowest BCUT2D eigenvalue weighted by atomic mass is 9.70. The molecule has 0 saturated heterocycles. The van der Waals surface area contributed by atoms with Crippen molar-refractivity contribution in [1.82, 2.24) is 0 Å². The second-order valence-corrected chi connectivity index (χ2v) is 7.45. The summed E-state index contributed by atoms with van der Waals surface area (Å²) in [4.78, 5) is 0. The van der Waals surface area contributed by atoms with Crippen LogP contribution >= 0.6 is 0 Å². The van der Waals surface area contributed by atoms with Gasteiger partial charge in [-0.15, -0.1) is 0 Å². The first-order valence-electron chi connectivity index (χ1n) is 9.00. The molecule has 1 heteroatoms. The molecule has 1 atom stereocenters. The standard InChI is InChI=1S/C20H30O/c1-2-6-16-11-13-20(21,14-12-16)15-18-9-5-8-17-7-3-4-10-19(17)18/h3-4,7,10,16,18,21H,2,5-6,8-9,11-15H2,1H3. The zero-order valence-electron chi connectivity index (χ0n) is 13.5. The highest BCUT2D eigenvalue weighted by molar-refractivity contribution is 5.32. The van der Waals surface area contributed by atoms with E-state index in [1.165, 1.54) is 56.1 Å². The summed E-state index contributed by atoms with van der Waals surface area (Å²) in [5, 5.41) is 11.0. The number of hydrogen-bond acceptors (Lipinski definition) is 1. The molecule has 0 radical (unpaired) electrons. The molecule has 1 nitrogen and oxygen atoms in total. The largest absolute Gasteiger partial charge is 0.390 e. The van der Waals surface area contributed by atoms with Gasteiger partial charge in [0.2, 0.25) is 0 Å². The van der Waals surface area contributed by atoms with E-state index >= 15 is 0 Å². The lowest BCUT2D eigenvalue weighted by Crippen LogP contribution is -2.36. The topological polar surface area (TPSA) is 20.2 Å². The van der Waals surface area contributed by atoms with Crippen molar-refractivity contribution in [2.75, 3.05) is 0 Å². The Bertz CT molecular complexity index is 457. The first-order chi connectivity index (χ1) is 10.2. The van der Waals surface area contributed by atoms with Crippen LogP contribution in [-0.4, -0.2) is 10.7 Å². The van der Waals surface area contributed by atoms with Crippen molar-refractivity contribution in [2.45, 2.75) is 82.7 Å². The quantitative estimate of drug-likeness (QED) is 0.804. The summed E-state index contributed by atoms with van der Waals surface area (Å²) >= 11 is 0. The first kappa shape index (κ1) is 15.1. The molecule has 21 heavy (non-hydrogen) atoms. The van der Waals surface area contributed by atoms with Crippen molar-refractivity contribution >= 4 is 0 Å². The minimum atomic E-state index is -0.390. The van der Waals surface area contributed by atoms with Gasteiger partial charge in [-0.1, -0.05) is 44.0 Å². The normalized spacial score (nSPS) is 32.7. The van der Waals surface area contributed by atoms with Crippen LogP contribution in [0.3, 0.4) is 0 Å². The minimum absolute atomic E-state index is 0.390. The number of rotatable bonds is 4. The Morgan fingerprint density at radius 3 is 2.67 bits per heavy atom. The van der Waals surface area contributed by atoms with Gasteiger partial charge in [0.05, 0.1) is 5.60 Å². The lowest BCUT2D eigenvalue weighted by molar-refractivity contribution is -0.0242. The second-order valence-electron chi connectivity index (χ2n) is 7.45. The molecule has 1 N–H and O–H groups in total. The Hall–Kier alpha value is -0.820. The minimum Gasteiger partial charge on any atom is -0.390 e. The van der Waals surface area contributed by atoms with E-state index in [2.05, 4.69) is 31.2 Å². The Morgan fingerprint density at radius 1 is 1.14 bits per heavy atom. The van der Waals surface area contributed by atoms with Gasteiger partial charge >= 0.3 is 0 Å². The SMILES string of the molecule is CCCC1CCC(O)(CC2CCCc3ccccc32)CC1. The third-order valence-electron chi connectivity index (χ3n) is 5.85. The summed E-state index contributed by atoms with van der Waals surface area (Å²) in [7, 11) is 0. The van der Waals surface area contributed by atoms with E-state index in [1.54, 1.807) is 0 Å². The number of aliphatic hydroxyl groups is 1. The average Bonchev–Trinajstić information content (AvgIpc) is 2.50. The summed E-state index contributed by atoms with van der Waals surface area (Å²) in [5.74, 6) is 1.46. The molecule has 1 aromatic carbocycles. The van der Waals surface area contributed by atoms with E-state index in [9.17, 15) is 5.11 Å². The van der Waals surface area contributed by atoms with Gasteiger partial charge < -0.3 is 5.11 Å². The Balaban J connectivity index is 1.65. The van der Waals surface area contributed by atoms with Crippen LogP contribution in [0.1, 0.15) is 81.8 Å². The van der Waals surface area contributed by atoms with Crippen LogP contribution in [0.4, 0.5) is 0 Å². The highest BCUT2D eigenvalue weighted by Gasteiger charge is 2.36. The van der Waals surface area contributed by atoms with Crippen molar-refractivity contribution < 1.29 is 5.11 Å². The van der Waals surface area contributed by atoms with Crippen molar-refractivity contribution in [3.05, 3.63) is 35.4 Å². The van der Waals surface area contributed by atoms with Gasteiger partial charge in [0.15, 0.2) is 0 Å². The molecule has 2 aliphatic carbocycles. The third kappa shape index (κ3) is 3.51. The predicted molar refractivity (Wildman–Crippen MR) is 88.6 cm³/mol. The molecule has 2 aliphatic rings. The van der Waals surface area contributed by atoms with Gasteiger partial charge in [0.25, 0.3) is 0 Å². The maximum Gasteiger partial charge on any atom is 0.0653 e. The fourth-order valence-corrected chi connectivity index (χ4v) is 4.64. The van der Waals surface area contributed by atoms with Crippen molar-refractivity contribution in [2.24, 2.45) is 5.92 Å². The van der Waals surface area contributed by atoms with Gasteiger partial charge in [-0.2, -0.15) is 0 Å². The molecule has 0 bridgehead atoms. The highest BCUT2D eigenvalue weighted by Crippen LogP contribution is 2.43. The fourth-order valence-electron chi connectivity index (χ4n) is 4.64. The molecule has 0 heterocycles. The summed E-state index contributed by atoms with van der Waals surface area (Å²) in [6.45, 7) is 2.28. The van der Waals surface area contributed by atoms with Crippen LogP contribution in [0.5, 0.6) is 0 Å². The van der Waals surface area contributed by atoms with E-state index in [-0.39, 0.29) is 5.60 Å². The summed E-state index contributed by atoms with van der Waals surface area (Å²) < 4.78 is 0. The van der Waals surface area contributed by atoms with Gasteiger partial charge in [0, 0.05) is 0 Å². The molecule has 116 valence electrons. The average molecular weight is 286 g/mol. The zero-order valence-corrected chi connectivity index (χ0v) is 13.5. The maximum atomic E-state index is 11.0. The van der Waals surface area contributed by atoms with Crippen LogP contribution in [0, 0.1) is 5.92 Å². The molecular weight excluding hydrogens is 256 g/mol. The molecule has 1 aromatic rings. The monoisotopic (exact) mass is 286 g/mol. The van der Waals surface area contributed by atoms with Gasteiger partial charge in [0.1, 0.15) is 0 Å². The van der Waals surface area contributed by atoms with Crippen LogP contribution < -0.4 is 0 Å². The first-order valence-corrected chi connectivity index (χ1v) is 9.00. The van der Waals surface area contributed by atoms with E-state index < -0.39 is 0 Å². The molecule has 0 aliphatic heterocycles. The van der Waals surface area contributed by atoms with E-state index in [0.717, 1.165) is 25.2 Å². The van der Waals surface area contributed by atoms with Crippen molar-refractivity contribution in [1.29, 1.82) is 0 Å². The molecule has 3 rings (SSSR count). The second kappa shape index (κ2) is 6.52. The highest BCUT2D eigenvalue weighted by atomic mass is 16.3. The number of benzene rings is 1. The molecular formula is C20H30O. The molecule has 0 aromatic heterocycles. The van der Waals surface area contributed by atoms with Gasteiger partial charge in [-0.3, -0.25) is 0 Å². The summed E-state index contributed by atoms with van der Waals surface area (Å²) in [6, 6.07) is 8.90. The van der Waals surface area contributed by atoms with Crippen LogP contribution in [-0.2, 0) is 6.42 Å². The van der Waals surface area contributed by atoms with Crippen LogP contribution in [0.2, 0.25) is 0 Å². The number of fused-ring (bicyclic) bond motifs is 1. The summed E-state index contributed by atoms with van der Waals surface area (Å²) in [5.41, 5.74) is 2.66. The van der Waals surface area contributed by atoms with E-state index in [4.69, 9.17) is 0 Å². The van der Waals surface area contributed by atoms with E-state index in [0.29, 0.717) is 5.92 Å².